The Morgan fingerprint density at radius 2 is 1.83 bits per heavy atom. The monoisotopic (exact) mass is 752 g/mol. The van der Waals surface area contributed by atoms with Crippen molar-refractivity contribution in [3.63, 3.8) is 0 Å². The van der Waals surface area contributed by atoms with Crippen molar-refractivity contribution < 1.29 is 28.7 Å². The zero-order chi connectivity index (χ0) is 37.5. The Bertz CT molecular complexity index is 1990. The van der Waals surface area contributed by atoms with E-state index in [1.54, 1.807) is 19.3 Å². The van der Waals surface area contributed by atoms with Crippen LogP contribution in [0.3, 0.4) is 0 Å². The van der Waals surface area contributed by atoms with Crippen LogP contribution in [-0.4, -0.2) is 91.3 Å². The number of likely N-dealkylation sites (tertiary alicyclic amines) is 1. The number of alkyl halides is 1. The Balaban J connectivity index is 1.29. The SMILES string of the molecule is [B]N[C@@H](CNC(=O)CCl)C(=O)N1C[C@H](Oc2cc(-c3ccccc3)nc3cc(OC)ccc23)C[C@H]1C(=O)N[C@]1(C(=O)NSc2ccccc2)C[C@H]1C=C. The van der Waals surface area contributed by atoms with Crippen LogP contribution < -0.4 is 30.1 Å². The summed E-state index contributed by atoms with van der Waals surface area (Å²) in [5, 5.41) is 8.68. The molecule has 1 aliphatic carbocycles. The summed E-state index contributed by atoms with van der Waals surface area (Å²) in [6, 6.07) is 24.1. The third-order valence-corrected chi connectivity index (χ3v) is 10.4. The topological polar surface area (TPSA) is 151 Å². The molecule has 15 heteroatoms. The summed E-state index contributed by atoms with van der Waals surface area (Å²) in [5.41, 5.74) is 0.913. The number of hydrogen-bond acceptors (Lipinski definition) is 9. The maximum atomic E-state index is 14.3. The van der Waals surface area contributed by atoms with Gasteiger partial charge in [0.25, 0.3) is 5.91 Å². The molecule has 2 aliphatic rings. The largest absolute Gasteiger partial charge is 0.497 e. The second-order valence-corrected chi connectivity index (χ2v) is 13.9. The van der Waals surface area contributed by atoms with Crippen LogP contribution in [0, 0.1) is 5.92 Å². The number of nitrogens with zero attached hydrogens (tertiary/aromatic N) is 2. The summed E-state index contributed by atoms with van der Waals surface area (Å²) in [7, 11) is 7.36. The van der Waals surface area contributed by atoms with Crippen LogP contribution in [0.25, 0.3) is 22.2 Å². The molecule has 4 amide bonds. The Morgan fingerprint density at radius 3 is 2.49 bits per heavy atom. The number of methoxy groups -OCH3 is 1. The first-order chi connectivity index (χ1) is 25.7. The summed E-state index contributed by atoms with van der Waals surface area (Å²) in [4.78, 5) is 60.9. The first-order valence-electron chi connectivity index (χ1n) is 17.0. The van der Waals surface area contributed by atoms with E-state index in [0.29, 0.717) is 34.5 Å². The van der Waals surface area contributed by atoms with Crippen molar-refractivity contribution in [2.75, 3.05) is 26.1 Å². The quantitative estimate of drug-likeness (QED) is 0.0619. The Labute approximate surface area is 318 Å². The van der Waals surface area contributed by atoms with Crippen LogP contribution in [0.2, 0.25) is 0 Å². The number of nitrogens with one attached hydrogen (secondary N) is 4. The number of hydrogen-bond donors (Lipinski definition) is 4. The number of aromatic nitrogens is 1. The van der Waals surface area contributed by atoms with Crippen molar-refractivity contribution >= 4 is 66.1 Å². The van der Waals surface area contributed by atoms with Gasteiger partial charge in [0, 0.05) is 46.9 Å². The van der Waals surface area contributed by atoms with E-state index in [1.165, 1.54) is 4.90 Å². The number of fused-ring (bicyclic) bond motifs is 1. The predicted molar refractivity (Wildman–Crippen MR) is 204 cm³/mol. The molecule has 1 saturated heterocycles. The molecule has 12 nitrogen and oxygen atoms in total. The minimum Gasteiger partial charge on any atom is -0.497 e. The first-order valence-corrected chi connectivity index (χ1v) is 18.3. The van der Waals surface area contributed by atoms with Crippen molar-refractivity contribution in [2.45, 2.75) is 41.5 Å². The number of carbonyl (C=O) groups is 4. The molecule has 5 atom stereocenters. The average molecular weight is 753 g/mol. The summed E-state index contributed by atoms with van der Waals surface area (Å²) in [6.07, 6.45) is 1.42. The number of carbonyl (C=O) groups excluding carboxylic acids is 4. The van der Waals surface area contributed by atoms with Gasteiger partial charge in [-0.2, -0.15) is 0 Å². The number of ether oxygens (including phenoxy) is 2. The van der Waals surface area contributed by atoms with Crippen molar-refractivity contribution in [3.05, 3.63) is 97.6 Å². The molecule has 6 rings (SSSR count). The molecule has 0 bridgehead atoms. The maximum Gasteiger partial charge on any atom is 0.256 e. The van der Waals surface area contributed by atoms with Gasteiger partial charge in [0.15, 0.2) is 7.98 Å². The van der Waals surface area contributed by atoms with Gasteiger partial charge >= 0.3 is 0 Å². The lowest BCUT2D eigenvalue weighted by atomic mass is 10.1. The van der Waals surface area contributed by atoms with Crippen molar-refractivity contribution in [1.29, 1.82) is 0 Å². The van der Waals surface area contributed by atoms with E-state index in [1.807, 2.05) is 78.9 Å². The van der Waals surface area contributed by atoms with Gasteiger partial charge in [0.1, 0.15) is 35.1 Å². The van der Waals surface area contributed by atoms with Crippen LogP contribution in [0.4, 0.5) is 0 Å². The lowest BCUT2D eigenvalue weighted by Crippen LogP contribution is -2.58. The van der Waals surface area contributed by atoms with Crippen molar-refractivity contribution in [1.82, 2.24) is 30.5 Å². The van der Waals surface area contributed by atoms with Crippen LogP contribution >= 0.6 is 23.5 Å². The van der Waals surface area contributed by atoms with Gasteiger partial charge in [-0.1, -0.05) is 54.6 Å². The van der Waals surface area contributed by atoms with Crippen LogP contribution in [0.1, 0.15) is 12.8 Å². The minimum atomic E-state index is -1.25. The van der Waals surface area contributed by atoms with Gasteiger partial charge < -0.3 is 30.2 Å². The molecule has 53 heavy (non-hydrogen) atoms. The van der Waals surface area contributed by atoms with E-state index in [4.69, 9.17) is 34.0 Å². The van der Waals surface area contributed by atoms with Gasteiger partial charge in [-0.25, -0.2) is 4.98 Å². The van der Waals surface area contributed by atoms with E-state index in [9.17, 15) is 19.2 Å². The molecule has 1 saturated carbocycles. The molecule has 1 aliphatic heterocycles. The number of benzene rings is 3. The van der Waals surface area contributed by atoms with E-state index in [-0.39, 0.29) is 37.2 Å². The predicted octanol–water partition coefficient (Wildman–Crippen LogP) is 3.54. The molecular formula is C38H38BClN6O6S. The smallest absolute Gasteiger partial charge is 0.256 e. The van der Waals surface area contributed by atoms with Crippen molar-refractivity contribution in [3.8, 4) is 22.8 Å². The Kier molecular flexibility index (Phi) is 11.9. The third-order valence-electron chi connectivity index (χ3n) is 9.37. The normalized spacial score (nSPS) is 20.9. The molecule has 0 spiro atoms. The lowest BCUT2D eigenvalue weighted by Gasteiger charge is -2.29. The average Bonchev–Trinajstić information content (AvgIpc) is 3.75. The standard InChI is InChI=1S/C38H38BClN6O6S/c1-3-24-19-38(24,37(50)45-53-27-12-8-5-9-13-27)43-35(48)32-17-26(22-46(32)36(49)31(44-39)21-41-34(47)20-40)52-33-18-29(23-10-6-4-7-11-23)42-30-16-25(51-2)14-15-28(30)33/h3-16,18,24,26,31-32,44H,1,17,19-22H2,2H3,(H,41,47)(H,43,48)(H,45,50)/t24-,26-,31+,32+,38-/m1/s1. The van der Waals surface area contributed by atoms with Crippen molar-refractivity contribution in [2.24, 2.45) is 5.92 Å². The number of amides is 4. The third kappa shape index (κ3) is 8.45. The van der Waals surface area contributed by atoms with Gasteiger partial charge in [0.05, 0.1) is 30.9 Å². The van der Waals surface area contributed by atoms with Crippen LogP contribution in [0.5, 0.6) is 11.5 Å². The summed E-state index contributed by atoms with van der Waals surface area (Å²) in [5.74, 6) is -1.45. The zero-order valence-electron chi connectivity index (χ0n) is 28.9. The second-order valence-electron chi connectivity index (χ2n) is 12.7. The van der Waals surface area contributed by atoms with Gasteiger partial charge in [-0.15, -0.1) is 18.2 Å². The highest BCUT2D eigenvalue weighted by Gasteiger charge is 2.61. The van der Waals surface area contributed by atoms with E-state index >= 15 is 0 Å². The summed E-state index contributed by atoms with van der Waals surface area (Å²) >= 11 is 6.79. The molecular weight excluding hydrogens is 715 g/mol. The number of halogens is 1. The lowest BCUT2D eigenvalue weighted by molar-refractivity contribution is -0.140. The van der Waals surface area contributed by atoms with Crippen LogP contribution in [0.15, 0.2) is 102 Å². The molecule has 2 fully saturated rings. The van der Waals surface area contributed by atoms with Gasteiger partial charge in [-0.3, -0.25) is 23.9 Å². The molecule has 0 unspecified atom stereocenters. The van der Waals surface area contributed by atoms with E-state index in [0.717, 1.165) is 22.4 Å². The fourth-order valence-corrected chi connectivity index (χ4v) is 7.20. The fourth-order valence-electron chi connectivity index (χ4n) is 6.41. The second kappa shape index (κ2) is 16.7. The molecule has 2 heterocycles. The molecule has 1 aromatic heterocycles. The van der Waals surface area contributed by atoms with Crippen LogP contribution in [-0.2, 0) is 19.2 Å². The summed E-state index contributed by atoms with van der Waals surface area (Å²) < 4.78 is 15.0. The fraction of sp³-hybridized carbons (Fsp3) is 0.289. The molecule has 3 aromatic carbocycles. The Hall–Kier alpha value is -5.05. The molecule has 4 N–H and O–H groups in total. The summed E-state index contributed by atoms with van der Waals surface area (Å²) in [6.45, 7) is 3.70. The molecule has 272 valence electrons. The highest BCUT2D eigenvalue weighted by atomic mass is 35.5. The number of rotatable bonds is 15. The zero-order valence-corrected chi connectivity index (χ0v) is 30.5. The molecule has 2 radical (unpaired) electrons. The minimum absolute atomic E-state index is 0.00708. The van der Waals surface area contributed by atoms with Gasteiger partial charge in [-0.05, 0) is 42.6 Å². The van der Waals surface area contributed by atoms with Gasteiger partial charge in [0.2, 0.25) is 17.7 Å². The number of pyridine rings is 1. The highest BCUT2D eigenvalue weighted by molar-refractivity contribution is 7.98. The van der Waals surface area contributed by atoms with E-state index < -0.39 is 41.4 Å². The Morgan fingerprint density at radius 1 is 1.09 bits per heavy atom. The molecule has 4 aromatic rings. The maximum absolute atomic E-state index is 14.3. The highest BCUT2D eigenvalue weighted by Crippen LogP contribution is 2.45. The first kappa shape index (κ1) is 37.7. The van der Waals surface area contributed by atoms with E-state index in [2.05, 4.69) is 27.2 Å².